The normalized spacial score (nSPS) is 12.7. The minimum Gasteiger partial charge on any atom is -0.389 e. The van der Waals surface area contributed by atoms with Crippen LogP contribution in [0.1, 0.15) is 37.5 Å². The Balaban J connectivity index is 0.00000625. The lowest BCUT2D eigenvalue weighted by Crippen LogP contribution is -2.39. The lowest BCUT2D eigenvalue weighted by atomic mass is 10.1. The molecule has 5 nitrogen and oxygen atoms in total. The summed E-state index contributed by atoms with van der Waals surface area (Å²) in [4.78, 5) is 4.44. The molecule has 0 bridgehead atoms. The number of aryl methyl sites for hydroxylation is 2. The van der Waals surface area contributed by atoms with E-state index < -0.39 is 6.10 Å². The van der Waals surface area contributed by atoms with Gasteiger partial charge in [-0.15, -0.1) is 24.0 Å². The molecule has 3 N–H and O–H groups in total. The van der Waals surface area contributed by atoms with Crippen molar-refractivity contribution < 1.29 is 9.84 Å². The SMILES string of the molecule is CCNC(=NCC(O)COCC(C)C)NCCc1cc(C)cc(C)c1.I. The van der Waals surface area contributed by atoms with Gasteiger partial charge in [0.25, 0.3) is 0 Å². The van der Waals surface area contributed by atoms with Gasteiger partial charge in [0.2, 0.25) is 0 Å². The largest absolute Gasteiger partial charge is 0.389 e. The van der Waals surface area contributed by atoms with Crippen LogP contribution in [0.15, 0.2) is 23.2 Å². The van der Waals surface area contributed by atoms with Crippen LogP contribution in [0, 0.1) is 19.8 Å². The maximum atomic E-state index is 9.96. The minimum absolute atomic E-state index is 0. The minimum atomic E-state index is -0.575. The molecule has 0 heterocycles. The average Bonchev–Trinajstić information content (AvgIpc) is 2.51. The summed E-state index contributed by atoms with van der Waals surface area (Å²) < 4.78 is 5.45. The van der Waals surface area contributed by atoms with E-state index in [1.807, 2.05) is 6.92 Å². The Morgan fingerprint density at radius 3 is 2.35 bits per heavy atom. The number of halogens is 1. The molecule has 1 unspecified atom stereocenters. The van der Waals surface area contributed by atoms with E-state index in [4.69, 9.17) is 4.74 Å². The van der Waals surface area contributed by atoms with Gasteiger partial charge in [-0.1, -0.05) is 43.2 Å². The van der Waals surface area contributed by atoms with Crippen LogP contribution < -0.4 is 10.6 Å². The van der Waals surface area contributed by atoms with E-state index in [-0.39, 0.29) is 24.0 Å². The van der Waals surface area contributed by atoms with Crippen LogP contribution in [0.4, 0.5) is 0 Å². The van der Waals surface area contributed by atoms with Gasteiger partial charge in [0, 0.05) is 19.7 Å². The van der Waals surface area contributed by atoms with Crippen LogP contribution >= 0.6 is 24.0 Å². The van der Waals surface area contributed by atoms with E-state index in [0.29, 0.717) is 25.7 Å². The van der Waals surface area contributed by atoms with Crippen molar-refractivity contribution in [1.29, 1.82) is 0 Å². The van der Waals surface area contributed by atoms with Gasteiger partial charge < -0.3 is 20.5 Å². The van der Waals surface area contributed by atoms with E-state index in [1.54, 1.807) is 0 Å². The van der Waals surface area contributed by atoms with Gasteiger partial charge in [-0.25, -0.2) is 0 Å². The Kier molecular flexibility index (Phi) is 13.8. The number of nitrogens with zero attached hydrogens (tertiary/aromatic N) is 1. The Hall–Kier alpha value is -0.860. The van der Waals surface area contributed by atoms with E-state index in [9.17, 15) is 5.11 Å². The lowest BCUT2D eigenvalue weighted by Gasteiger charge is -2.14. The summed E-state index contributed by atoms with van der Waals surface area (Å²) in [5.41, 5.74) is 3.91. The van der Waals surface area contributed by atoms with E-state index in [2.05, 4.69) is 61.5 Å². The standard InChI is InChI=1S/C20H35N3O2.HI/c1-6-21-20(23-12-19(24)14-25-13-15(2)3)22-8-7-18-10-16(4)9-17(5)11-18;/h9-11,15,19,24H,6-8,12-14H2,1-5H3,(H2,21,22,23);1H. The van der Waals surface area contributed by atoms with Crippen molar-refractivity contribution >= 4 is 29.9 Å². The molecular formula is C20H36IN3O2. The third kappa shape index (κ3) is 11.7. The van der Waals surface area contributed by atoms with Gasteiger partial charge in [-0.3, -0.25) is 4.99 Å². The highest BCUT2D eigenvalue weighted by molar-refractivity contribution is 14.0. The third-order valence-electron chi connectivity index (χ3n) is 3.55. The summed E-state index contributed by atoms with van der Waals surface area (Å²) in [6, 6.07) is 6.62. The highest BCUT2D eigenvalue weighted by Gasteiger charge is 2.06. The number of benzene rings is 1. The Bertz CT molecular complexity index is 516. The Morgan fingerprint density at radius 1 is 1.12 bits per heavy atom. The van der Waals surface area contributed by atoms with Crippen LogP contribution in [0.3, 0.4) is 0 Å². The van der Waals surface area contributed by atoms with E-state index in [1.165, 1.54) is 16.7 Å². The van der Waals surface area contributed by atoms with Crippen molar-refractivity contribution in [3.8, 4) is 0 Å². The molecular weight excluding hydrogens is 441 g/mol. The maximum Gasteiger partial charge on any atom is 0.191 e. The fraction of sp³-hybridized carbons (Fsp3) is 0.650. The molecule has 0 saturated carbocycles. The summed E-state index contributed by atoms with van der Waals surface area (Å²) in [6.45, 7) is 13.4. The zero-order valence-electron chi connectivity index (χ0n) is 16.8. The molecule has 0 amide bonds. The maximum absolute atomic E-state index is 9.96. The number of ether oxygens (including phenoxy) is 1. The molecule has 0 spiro atoms. The first-order valence-electron chi connectivity index (χ1n) is 9.25. The topological polar surface area (TPSA) is 65.9 Å². The number of aliphatic imine (C=N–C) groups is 1. The van der Waals surface area contributed by atoms with Crippen molar-refractivity contribution in [2.75, 3.05) is 32.8 Å². The zero-order chi connectivity index (χ0) is 18.7. The second kappa shape index (κ2) is 14.2. The quantitative estimate of drug-likeness (QED) is 0.275. The first-order valence-corrected chi connectivity index (χ1v) is 9.25. The first-order chi connectivity index (χ1) is 11.9. The number of hydrogen-bond acceptors (Lipinski definition) is 3. The lowest BCUT2D eigenvalue weighted by molar-refractivity contribution is 0.0301. The summed E-state index contributed by atoms with van der Waals surface area (Å²) in [5, 5.41) is 16.5. The first kappa shape index (κ1) is 25.1. The number of hydrogen-bond donors (Lipinski definition) is 3. The van der Waals surface area contributed by atoms with Crippen LogP contribution in [-0.2, 0) is 11.2 Å². The van der Waals surface area contributed by atoms with Crippen molar-refractivity contribution in [3.63, 3.8) is 0 Å². The van der Waals surface area contributed by atoms with Gasteiger partial charge in [0.15, 0.2) is 5.96 Å². The molecule has 1 atom stereocenters. The number of nitrogens with one attached hydrogen (secondary N) is 2. The molecule has 150 valence electrons. The van der Waals surface area contributed by atoms with Crippen molar-refractivity contribution in [2.24, 2.45) is 10.9 Å². The second-order valence-electron chi connectivity index (χ2n) is 6.98. The van der Waals surface area contributed by atoms with Gasteiger partial charge in [0.1, 0.15) is 0 Å². The molecule has 26 heavy (non-hydrogen) atoms. The monoisotopic (exact) mass is 477 g/mol. The molecule has 1 rings (SSSR count). The Morgan fingerprint density at radius 2 is 1.77 bits per heavy atom. The van der Waals surface area contributed by atoms with Crippen molar-refractivity contribution in [2.45, 2.75) is 47.1 Å². The summed E-state index contributed by atoms with van der Waals surface area (Å²) in [5.74, 6) is 1.20. The highest BCUT2D eigenvalue weighted by Crippen LogP contribution is 2.08. The second-order valence-corrected chi connectivity index (χ2v) is 6.98. The van der Waals surface area contributed by atoms with Crippen LogP contribution in [0.25, 0.3) is 0 Å². The van der Waals surface area contributed by atoms with Gasteiger partial charge in [-0.05, 0) is 38.7 Å². The zero-order valence-corrected chi connectivity index (χ0v) is 19.2. The fourth-order valence-electron chi connectivity index (χ4n) is 2.57. The van der Waals surface area contributed by atoms with E-state index >= 15 is 0 Å². The molecule has 0 aromatic heterocycles. The number of aliphatic hydroxyl groups excluding tert-OH is 1. The van der Waals surface area contributed by atoms with Crippen molar-refractivity contribution in [3.05, 3.63) is 34.9 Å². The molecule has 0 aliphatic carbocycles. The van der Waals surface area contributed by atoms with Crippen LogP contribution in [0.5, 0.6) is 0 Å². The predicted octanol–water partition coefficient (Wildman–Crippen LogP) is 3.05. The van der Waals surface area contributed by atoms with E-state index in [0.717, 1.165) is 25.5 Å². The smallest absolute Gasteiger partial charge is 0.191 e. The van der Waals surface area contributed by atoms with Crippen LogP contribution in [-0.4, -0.2) is 50.0 Å². The summed E-state index contributed by atoms with van der Waals surface area (Å²) >= 11 is 0. The summed E-state index contributed by atoms with van der Waals surface area (Å²) in [7, 11) is 0. The Labute approximate surface area is 176 Å². The molecule has 0 fully saturated rings. The molecule has 1 aromatic rings. The molecule has 0 radical (unpaired) electrons. The molecule has 0 saturated heterocycles. The number of rotatable bonds is 10. The van der Waals surface area contributed by atoms with Crippen molar-refractivity contribution in [1.82, 2.24) is 10.6 Å². The summed E-state index contributed by atoms with van der Waals surface area (Å²) in [6.07, 6.45) is 0.362. The average molecular weight is 477 g/mol. The number of guanidine groups is 1. The van der Waals surface area contributed by atoms with Gasteiger partial charge in [-0.2, -0.15) is 0 Å². The predicted molar refractivity (Wildman–Crippen MR) is 121 cm³/mol. The number of aliphatic hydroxyl groups is 1. The molecule has 0 aliphatic heterocycles. The highest BCUT2D eigenvalue weighted by atomic mass is 127. The van der Waals surface area contributed by atoms with Crippen LogP contribution in [0.2, 0.25) is 0 Å². The fourth-order valence-corrected chi connectivity index (χ4v) is 2.57. The molecule has 6 heteroatoms. The third-order valence-corrected chi connectivity index (χ3v) is 3.55. The molecule has 0 aliphatic rings. The molecule has 1 aromatic carbocycles. The van der Waals surface area contributed by atoms with Gasteiger partial charge in [0.05, 0.1) is 19.3 Å². The van der Waals surface area contributed by atoms with Gasteiger partial charge >= 0.3 is 0 Å².